The number of rotatable bonds is 9. The first-order valence-corrected chi connectivity index (χ1v) is 8.99. The van der Waals surface area contributed by atoms with Gasteiger partial charge in [0.15, 0.2) is 0 Å². The van der Waals surface area contributed by atoms with E-state index in [1.807, 2.05) is 19.9 Å². The second-order valence-corrected chi connectivity index (χ2v) is 7.22. The van der Waals surface area contributed by atoms with Gasteiger partial charge in [0.25, 0.3) is 5.91 Å². The van der Waals surface area contributed by atoms with Crippen molar-refractivity contribution in [2.75, 3.05) is 6.54 Å². The molecule has 0 bridgehead atoms. The molecule has 1 aromatic heterocycles. The molecule has 0 fully saturated rings. The molecule has 0 aliphatic heterocycles. The van der Waals surface area contributed by atoms with Crippen molar-refractivity contribution >= 4 is 5.91 Å². The number of carbonyl (C=O) groups excluding carboxylic acids is 1. The molecule has 0 unspecified atom stereocenters. The first-order valence-electron chi connectivity index (χ1n) is 8.99. The van der Waals surface area contributed by atoms with Crippen LogP contribution < -0.4 is 5.32 Å². The van der Waals surface area contributed by atoms with Gasteiger partial charge in [0.1, 0.15) is 5.69 Å². The number of halogens is 2. The molecule has 4 nitrogen and oxygen atoms in total. The number of amides is 1. The average molecular weight is 376 g/mol. The Kier molecular flexibility index (Phi) is 7.42. The minimum atomic E-state index is -2.73. The molecule has 146 valence electrons. The van der Waals surface area contributed by atoms with E-state index >= 15 is 0 Å². The van der Waals surface area contributed by atoms with Gasteiger partial charge in [-0.05, 0) is 35.6 Å². The topological polar surface area (TPSA) is 51.2 Å². The van der Waals surface area contributed by atoms with Crippen LogP contribution in [-0.4, -0.2) is 23.4 Å². The van der Waals surface area contributed by atoms with Crippen LogP contribution in [0.4, 0.5) is 8.78 Å². The summed E-state index contributed by atoms with van der Waals surface area (Å²) in [7, 11) is 0. The van der Waals surface area contributed by atoms with Gasteiger partial charge in [-0.2, -0.15) is 0 Å². The number of hydrogen-bond acceptors (Lipinski definition) is 3. The summed E-state index contributed by atoms with van der Waals surface area (Å²) in [4.78, 5) is 16.1. The lowest BCUT2D eigenvalue weighted by Crippen LogP contribution is -2.28. The minimum absolute atomic E-state index is 0.194. The highest BCUT2D eigenvalue weighted by molar-refractivity contribution is 5.92. The molecule has 0 spiro atoms. The van der Waals surface area contributed by atoms with E-state index in [1.165, 1.54) is 0 Å². The predicted octanol–water partition coefficient (Wildman–Crippen LogP) is 4.38. The van der Waals surface area contributed by atoms with Crippen LogP contribution in [0.3, 0.4) is 0 Å². The summed E-state index contributed by atoms with van der Waals surface area (Å²) in [5, 5.41) is 2.82. The lowest BCUT2D eigenvalue weighted by atomic mass is 10.1. The molecular weight excluding hydrogens is 350 g/mol. The van der Waals surface area contributed by atoms with Crippen LogP contribution in [0, 0.1) is 5.92 Å². The minimum Gasteiger partial charge on any atom is -0.372 e. The van der Waals surface area contributed by atoms with Crippen molar-refractivity contribution in [1.29, 1.82) is 0 Å². The van der Waals surface area contributed by atoms with Crippen molar-refractivity contribution in [2.45, 2.75) is 46.3 Å². The number of nitrogens with zero attached hydrogens (tertiary/aromatic N) is 1. The first-order chi connectivity index (χ1) is 12.7. The summed E-state index contributed by atoms with van der Waals surface area (Å²) in [5.74, 6) is -2.54. The lowest BCUT2D eigenvalue weighted by Gasteiger charge is -2.11. The van der Waals surface area contributed by atoms with Gasteiger partial charge < -0.3 is 10.1 Å². The summed E-state index contributed by atoms with van der Waals surface area (Å²) in [6.45, 7) is 6.22. The predicted molar refractivity (Wildman–Crippen MR) is 101 cm³/mol. The highest BCUT2D eigenvalue weighted by atomic mass is 19.3. The lowest BCUT2D eigenvalue weighted by molar-refractivity contribution is 0.0225. The summed E-state index contributed by atoms with van der Waals surface area (Å²) in [6, 6.07) is 10.5. The van der Waals surface area contributed by atoms with Crippen LogP contribution in [0.2, 0.25) is 0 Å². The van der Waals surface area contributed by atoms with E-state index in [2.05, 4.69) is 10.3 Å². The largest absolute Gasteiger partial charge is 0.372 e. The van der Waals surface area contributed by atoms with Gasteiger partial charge >= 0.3 is 0 Å². The van der Waals surface area contributed by atoms with Crippen molar-refractivity contribution in [1.82, 2.24) is 10.3 Å². The zero-order valence-corrected chi connectivity index (χ0v) is 16.0. The van der Waals surface area contributed by atoms with Gasteiger partial charge in [0.05, 0.1) is 13.2 Å². The Balaban J connectivity index is 1.83. The third kappa shape index (κ3) is 7.83. The first kappa shape index (κ1) is 21.0. The summed E-state index contributed by atoms with van der Waals surface area (Å²) >= 11 is 0. The summed E-state index contributed by atoms with van der Waals surface area (Å²) in [6.07, 6.45) is 1.32. The Bertz CT molecular complexity index is 741. The van der Waals surface area contributed by atoms with E-state index in [4.69, 9.17) is 4.74 Å². The van der Waals surface area contributed by atoms with Gasteiger partial charge in [0.2, 0.25) is 5.92 Å². The number of aromatic nitrogens is 1. The van der Waals surface area contributed by atoms with Crippen molar-refractivity contribution in [3.63, 3.8) is 0 Å². The molecule has 6 heteroatoms. The smallest absolute Gasteiger partial charge is 0.269 e. The number of pyridine rings is 1. The Morgan fingerprint density at radius 3 is 2.48 bits per heavy atom. The Labute approximate surface area is 159 Å². The standard InChI is InChI=1S/C21H26F2N2O2/c1-15(2)11-25-20(26)19-8-7-18(12-24-19)14-27-13-17-6-4-5-16(9-17)10-21(3,22)23/h4-9,12,15H,10-11,13-14H2,1-3H3,(H,25,26). The van der Waals surface area contributed by atoms with Gasteiger partial charge in [-0.15, -0.1) is 0 Å². The molecule has 1 heterocycles. The van der Waals surface area contributed by atoms with Gasteiger partial charge in [-0.25, -0.2) is 8.78 Å². The normalized spacial score (nSPS) is 11.6. The summed E-state index contributed by atoms with van der Waals surface area (Å²) < 4.78 is 31.9. The van der Waals surface area contributed by atoms with Crippen LogP contribution in [0.25, 0.3) is 0 Å². The molecule has 1 aromatic carbocycles. The van der Waals surface area contributed by atoms with E-state index in [9.17, 15) is 13.6 Å². The molecule has 2 rings (SSSR count). The Hall–Kier alpha value is -2.34. The molecule has 0 aliphatic carbocycles. The number of ether oxygens (including phenoxy) is 1. The van der Waals surface area contributed by atoms with Crippen molar-refractivity contribution < 1.29 is 18.3 Å². The number of hydrogen-bond donors (Lipinski definition) is 1. The van der Waals surface area contributed by atoms with E-state index in [1.54, 1.807) is 36.5 Å². The maximum absolute atomic E-state index is 13.1. The molecule has 2 aromatic rings. The zero-order valence-electron chi connectivity index (χ0n) is 16.0. The van der Waals surface area contributed by atoms with Crippen molar-refractivity contribution in [2.24, 2.45) is 5.92 Å². The number of alkyl halides is 2. The van der Waals surface area contributed by atoms with Crippen LogP contribution in [0.1, 0.15) is 48.0 Å². The molecule has 0 saturated carbocycles. The second-order valence-electron chi connectivity index (χ2n) is 7.22. The number of carbonyl (C=O) groups is 1. The molecule has 0 radical (unpaired) electrons. The number of benzene rings is 1. The fourth-order valence-corrected chi connectivity index (χ4v) is 2.51. The van der Waals surface area contributed by atoms with E-state index < -0.39 is 5.92 Å². The van der Waals surface area contributed by atoms with Crippen LogP contribution in [0.15, 0.2) is 42.6 Å². The fraction of sp³-hybridized carbons (Fsp3) is 0.429. The second kappa shape index (κ2) is 9.55. The molecule has 27 heavy (non-hydrogen) atoms. The third-order valence-electron chi connectivity index (χ3n) is 3.77. The molecule has 0 atom stereocenters. The molecule has 1 amide bonds. The zero-order chi connectivity index (χ0) is 19.9. The van der Waals surface area contributed by atoms with Crippen molar-refractivity contribution in [3.8, 4) is 0 Å². The van der Waals surface area contributed by atoms with Crippen LogP contribution in [-0.2, 0) is 24.4 Å². The Morgan fingerprint density at radius 1 is 1.15 bits per heavy atom. The highest BCUT2D eigenvalue weighted by Crippen LogP contribution is 2.20. The Morgan fingerprint density at radius 2 is 1.85 bits per heavy atom. The van der Waals surface area contributed by atoms with Gasteiger partial charge in [-0.3, -0.25) is 9.78 Å². The fourth-order valence-electron chi connectivity index (χ4n) is 2.51. The monoisotopic (exact) mass is 376 g/mol. The molecule has 1 N–H and O–H groups in total. The molecule has 0 saturated heterocycles. The van der Waals surface area contributed by atoms with Crippen LogP contribution in [0.5, 0.6) is 0 Å². The highest BCUT2D eigenvalue weighted by Gasteiger charge is 2.21. The number of nitrogens with one attached hydrogen (secondary N) is 1. The SMILES string of the molecule is CC(C)CNC(=O)c1ccc(COCc2cccc(CC(C)(F)F)c2)cn1. The van der Waals surface area contributed by atoms with Crippen molar-refractivity contribution in [3.05, 3.63) is 65.0 Å². The molecule has 0 aliphatic rings. The summed E-state index contributed by atoms with van der Waals surface area (Å²) in [5.41, 5.74) is 2.63. The quantitative estimate of drug-likeness (QED) is 0.706. The van der Waals surface area contributed by atoms with Gasteiger partial charge in [0, 0.05) is 19.2 Å². The van der Waals surface area contributed by atoms with E-state index in [-0.39, 0.29) is 12.3 Å². The van der Waals surface area contributed by atoms with Gasteiger partial charge in [-0.1, -0.05) is 44.2 Å². The maximum Gasteiger partial charge on any atom is 0.269 e. The van der Waals surface area contributed by atoms with E-state index in [0.29, 0.717) is 36.9 Å². The third-order valence-corrected chi connectivity index (χ3v) is 3.77. The van der Waals surface area contributed by atoms with E-state index in [0.717, 1.165) is 18.1 Å². The van der Waals surface area contributed by atoms with Crippen LogP contribution >= 0.6 is 0 Å². The molecular formula is C21H26F2N2O2. The average Bonchev–Trinajstić information content (AvgIpc) is 2.59. The maximum atomic E-state index is 13.1.